The Morgan fingerprint density at radius 1 is 1.14 bits per heavy atom. The van der Waals surface area contributed by atoms with E-state index in [1.807, 2.05) is 50.2 Å². The number of hydrogen-bond donors (Lipinski definition) is 0. The molecular weight excluding hydrogens is 386 g/mol. The molecule has 146 valence electrons. The van der Waals surface area contributed by atoms with E-state index in [-0.39, 0.29) is 17.9 Å². The number of methoxy groups -OCH3 is 1. The minimum absolute atomic E-state index is 0.147. The molecule has 2 heterocycles. The van der Waals surface area contributed by atoms with Crippen molar-refractivity contribution in [2.75, 3.05) is 7.11 Å². The zero-order valence-corrected chi connectivity index (χ0v) is 17.1. The number of Topliss-reactive ketones (excluding diaryl/α,β-unsaturated/α-hetero) is 1. The number of nitrogens with zero attached hydrogens (tertiary/aromatic N) is 3. The van der Waals surface area contributed by atoms with E-state index in [9.17, 15) is 9.59 Å². The monoisotopic (exact) mass is 405 g/mol. The second-order valence-corrected chi connectivity index (χ2v) is 7.95. The summed E-state index contributed by atoms with van der Waals surface area (Å²) in [5.74, 6) is 0.509. The number of hydrogen-bond acceptors (Lipinski definition) is 6. The number of rotatable bonds is 5. The number of fused-ring (bicyclic) bond motifs is 1. The standard InChI is InChI=1S/C22H19N3O3S/c1-13-7-9-15(10-8-13)18(26)12-25-22(27)20-21(29-14(2)23-20)19(24-25)16-5-4-6-17(11-16)28-3/h4-11H,12H2,1-3H3. The van der Waals surface area contributed by atoms with Crippen molar-refractivity contribution < 1.29 is 9.53 Å². The predicted molar refractivity (Wildman–Crippen MR) is 114 cm³/mol. The third-order valence-electron chi connectivity index (χ3n) is 4.62. The Morgan fingerprint density at radius 2 is 1.90 bits per heavy atom. The molecule has 0 aliphatic rings. The second kappa shape index (κ2) is 7.60. The SMILES string of the molecule is COc1cccc(-c2nn(CC(=O)c3ccc(C)cc3)c(=O)c3nc(C)sc23)c1. The van der Waals surface area contributed by atoms with Gasteiger partial charge in [0.1, 0.15) is 18.0 Å². The highest BCUT2D eigenvalue weighted by Gasteiger charge is 2.18. The molecule has 7 heteroatoms. The van der Waals surface area contributed by atoms with Crippen molar-refractivity contribution in [3.05, 3.63) is 75.0 Å². The van der Waals surface area contributed by atoms with E-state index >= 15 is 0 Å². The molecule has 0 radical (unpaired) electrons. The summed E-state index contributed by atoms with van der Waals surface area (Å²) in [6.07, 6.45) is 0. The molecule has 0 spiro atoms. The molecule has 6 nitrogen and oxygen atoms in total. The van der Waals surface area contributed by atoms with Crippen LogP contribution in [0.15, 0.2) is 53.3 Å². The first-order chi connectivity index (χ1) is 14.0. The normalized spacial score (nSPS) is 11.0. The maximum absolute atomic E-state index is 12.9. The molecule has 0 aliphatic carbocycles. The van der Waals surface area contributed by atoms with Crippen molar-refractivity contribution >= 4 is 27.3 Å². The van der Waals surface area contributed by atoms with Crippen LogP contribution in [-0.4, -0.2) is 27.7 Å². The van der Waals surface area contributed by atoms with Gasteiger partial charge in [-0.1, -0.05) is 42.0 Å². The van der Waals surface area contributed by atoms with E-state index in [1.54, 1.807) is 19.2 Å². The van der Waals surface area contributed by atoms with Gasteiger partial charge in [0.25, 0.3) is 5.56 Å². The van der Waals surface area contributed by atoms with Crippen LogP contribution in [0.3, 0.4) is 0 Å². The highest BCUT2D eigenvalue weighted by molar-refractivity contribution is 7.19. The number of carbonyl (C=O) groups excluding carboxylic acids is 1. The highest BCUT2D eigenvalue weighted by Crippen LogP contribution is 2.31. The van der Waals surface area contributed by atoms with E-state index in [0.717, 1.165) is 16.1 Å². The Balaban J connectivity index is 1.84. The molecule has 0 unspecified atom stereocenters. The van der Waals surface area contributed by atoms with Crippen LogP contribution >= 0.6 is 11.3 Å². The molecule has 0 saturated carbocycles. The van der Waals surface area contributed by atoms with Gasteiger partial charge in [-0.25, -0.2) is 9.67 Å². The number of carbonyl (C=O) groups is 1. The largest absolute Gasteiger partial charge is 0.497 e. The number of benzene rings is 2. The van der Waals surface area contributed by atoms with Gasteiger partial charge < -0.3 is 4.74 Å². The maximum Gasteiger partial charge on any atom is 0.294 e. The quantitative estimate of drug-likeness (QED) is 0.469. The van der Waals surface area contributed by atoms with Crippen molar-refractivity contribution in [1.82, 2.24) is 14.8 Å². The van der Waals surface area contributed by atoms with Crippen LogP contribution in [-0.2, 0) is 6.54 Å². The first-order valence-corrected chi connectivity index (χ1v) is 9.90. The lowest BCUT2D eigenvalue weighted by Crippen LogP contribution is -2.27. The van der Waals surface area contributed by atoms with Crippen molar-refractivity contribution in [3.63, 3.8) is 0 Å². The third kappa shape index (κ3) is 3.69. The van der Waals surface area contributed by atoms with Gasteiger partial charge in [0, 0.05) is 11.1 Å². The Bertz CT molecular complexity index is 1270. The number of ether oxygens (including phenoxy) is 1. The minimum Gasteiger partial charge on any atom is -0.497 e. The van der Waals surface area contributed by atoms with E-state index in [2.05, 4.69) is 10.1 Å². The van der Waals surface area contributed by atoms with Crippen molar-refractivity contribution in [1.29, 1.82) is 0 Å². The average Bonchev–Trinajstić information content (AvgIpc) is 3.12. The van der Waals surface area contributed by atoms with Crippen molar-refractivity contribution in [2.45, 2.75) is 20.4 Å². The van der Waals surface area contributed by atoms with Crippen LogP contribution in [0.1, 0.15) is 20.9 Å². The molecule has 0 N–H and O–H groups in total. The topological polar surface area (TPSA) is 74.1 Å². The number of aromatic nitrogens is 3. The van der Waals surface area contributed by atoms with E-state index in [0.29, 0.717) is 27.2 Å². The van der Waals surface area contributed by atoms with Crippen LogP contribution in [0.5, 0.6) is 5.75 Å². The maximum atomic E-state index is 12.9. The van der Waals surface area contributed by atoms with Gasteiger partial charge in [-0.3, -0.25) is 9.59 Å². The van der Waals surface area contributed by atoms with Gasteiger partial charge in [0.2, 0.25) is 0 Å². The summed E-state index contributed by atoms with van der Waals surface area (Å²) in [6, 6.07) is 14.7. The first-order valence-electron chi connectivity index (χ1n) is 9.09. The third-order valence-corrected chi connectivity index (χ3v) is 5.59. The van der Waals surface area contributed by atoms with E-state index in [4.69, 9.17) is 4.74 Å². The van der Waals surface area contributed by atoms with Crippen LogP contribution in [0.25, 0.3) is 21.5 Å². The lowest BCUT2D eigenvalue weighted by atomic mass is 10.1. The van der Waals surface area contributed by atoms with E-state index < -0.39 is 0 Å². The molecule has 29 heavy (non-hydrogen) atoms. The molecule has 0 atom stereocenters. The fourth-order valence-electron chi connectivity index (χ4n) is 3.10. The number of aryl methyl sites for hydroxylation is 2. The van der Waals surface area contributed by atoms with Gasteiger partial charge in [-0.2, -0.15) is 5.10 Å². The molecule has 4 rings (SSSR count). The second-order valence-electron chi connectivity index (χ2n) is 6.74. The number of ketones is 1. The molecule has 0 bridgehead atoms. The smallest absolute Gasteiger partial charge is 0.294 e. The van der Waals surface area contributed by atoms with Crippen molar-refractivity contribution in [2.24, 2.45) is 0 Å². The van der Waals surface area contributed by atoms with Gasteiger partial charge in [-0.05, 0) is 26.0 Å². The fourth-order valence-corrected chi connectivity index (χ4v) is 4.02. The zero-order valence-electron chi connectivity index (χ0n) is 16.3. The Labute approximate surface area is 171 Å². The minimum atomic E-state index is -0.364. The number of thiazole rings is 1. The molecule has 0 amide bonds. The van der Waals surface area contributed by atoms with Gasteiger partial charge in [-0.15, -0.1) is 11.3 Å². The lowest BCUT2D eigenvalue weighted by molar-refractivity contribution is 0.0966. The summed E-state index contributed by atoms with van der Waals surface area (Å²) in [5.41, 5.74) is 2.99. The van der Waals surface area contributed by atoms with Crippen LogP contribution in [0.2, 0.25) is 0 Å². The molecule has 0 saturated heterocycles. The summed E-state index contributed by atoms with van der Waals surface area (Å²) in [7, 11) is 1.60. The Morgan fingerprint density at radius 3 is 2.62 bits per heavy atom. The Hall–Kier alpha value is -3.32. The predicted octanol–water partition coefficient (Wildman–Crippen LogP) is 4.03. The van der Waals surface area contributed by atoms with E-state index in [1.165, 1.54) is 16.0 Å². The van der Waals surface area contributed by atoms with Gasteiger partial charge in [0.15, 0.2) is 11.3 Å². The summed E-state index contributed by atoms with van der Waals surface area (Å²) in [6.45, 7) is 3.66. The molecular formula is C22H19N3O3S. The summed E-state index contributed by atoms with van der Waals surface area (Å²) < 4.78 is 7.23. The summed E-state index contributed by atoms with van der Waals surface area (Å²) in [5, 5.41) is 5.31. The van der Waals surface area contributed by atoms with Crippen molar-refractivity contribution in [3.8, 4) is 17.0 Å². The summed E-state index contributed by atoms with van der Waals surface area (Å²) >= 11 is 1.41. The van der Waals surface area contributed by atoms with Gasteiger partial charge >= 0.3 is 0 Å². The van der Waals surface area contributed by atoms with Crippen LogP contribution in [0, 0.1) is 13.8 Å². The van der Waals surface area contributed by atoms with Crippen LogP contribution < -0.4 is 10.3 Å². The summed E-state index contributed by atoms with van der Waals surface area (Å²) in [4.78, 5) is 30.1. The van der Waals surface area contributed by atoms with Gasteiger partial charge in [0.05, 0.1) is 16.8 Å². The average molecular weight is 405 g/mol. The molecule has 4 aromatic rings. The zero-order chi connectivity index (χ0) is 20.5. The molecule has 0 aliphatic heterocycles. The fraction of sp³-hybridized carbons (Fsp3) is 0.182. The highest BCUT2D eigenvalue weighted by atomic mass is 32.1. The molecule has 2 aromatic heterocycles. The Kier molecular flexibility index (Phi) is 4.98. The molecule has 0 fully saturated rings. The lowest BCUT2D eigenvalue weighted by Gasteiger charge is -2.09. The molecule has 2 aromatic carbocycles. The first kappa shape index (κ1) is 19.0. The van der Waals surface area contributed by atoms with Crippen LogP contribution in [0.4, 0.5) is 0 Å².